The van der Waals surface area contributed by atoms with E-state index in [0.29, 0.717) is 5.56 Å². The third kappa shape index (κ3) is 4.66. The normalized spacial score (nSPS) is 11.8. The van der Waals surface area contributed by atoms with Crippen molar-refractivity contribution in [3.63, 3.8) is 0 Å². The van der Waals surface area contributed by atoms with Crippen LogP contribution in [-0.4, -0.2) is 16.9 Å². The summed E-state index contributed by atoms with van der Waals surface area (Å²) < 4.78 is 14.7. The highest BCUT2D eigenvalue weighted by atomic mass is 19.1. The number of aromatic nitrogens is 1. The molecule has 4 N–H and O–H groups in total. The van der Waals surface area contributed by atoms with Gasteiger partial charge in [0.25, 0.3) is 0 Å². The standard InChI is InChI=1S/C26H22FN3O2/c27-22-16-20(11-12-21(22)19-13-14-29-23(31)15-19)30-26(32)25(28)24(17-7-3-1-4-8-17)18-9-5-2-6-10-18/h1-16,24-25H,28H2,(H,29,31)(H,30,32)/t25-/m0/s1. The van der Waals surface area contributed by atoms with Crippen molar-refractivity contribution in [1.29, 1.82) is 0 Å². The summed E-state index contributed by atoms with van der Waals surface area (Å²) in [5, 5.41) is 2.72. The molecule has 0 aliphatic heterocycles. The van der Waals surface area contributed by atoms with E-state index in [1.54, 1.807) is 12.1 Å². The molecule has 1 amide bonds. The Kier molecular flexibility index (Phi) is 6.24. The molecule has 32 heavy (non-hydrogen) atoms. The van der Waals surface area contributed by atoms with E-state index in [9.17, 15) is 14.0 Å². The van der Waals surface area contributed by atoms with Crippen LogP contribution in [-0.2, 0) is 4.79 Å². The fourth-order valence-electron chi connectivity index (χ4n) is 3.74. The predicted molar refractivity (Wildman–Crippen MR) is 124 cm³/mol. The smallest absolute Gasteiger partial charge is 0.248 e. The fourth-order valence-corrected chi connectivity index (χ4v) is 3.74. The minimum atomic E-state index is -0.893. The van der Waals surface area contributed by atoms with Crippen molar-refractivity contribution in [3.8, 4) is 11.1 Å². The van der Waals surface area contributed by atoms with E-state index in [-0.39, 0.29) is 22.7 Å². The summed E-state index contributed by atoms with van der Waals surface area (Å²) in [4.78, 5) is 27.0. The van der Waals surface area contributed by atoms with Crippen molar-refractivity contribution < 1.29 is 9.18 Å². The molecule has 0 aliphatic rings. The number of carbonyl (C=O) groups excluding carboxylic acids is 1. The number of amides is 1. The Morgan fingerprint density at radius 3 is 2.06 bits per heavy atom. The third-order valence-electron chi connectivity index (χ3n) is 5.30. The number of nitrogens with two attached hydrogens (primary N) is 1. The van der Waals surface area contributed by atoms with Gasteiger partial charge in [0, 0.05) is 29.4 Å². The molecule has 4 aromatic rings. The number of carbonyl (C=O) groups is 1. The van der Waals surface area contributed by atoms with Gasteiger partial charge in [-0.2, -0.15) is 0 Å². The van der Waals surface area contributed by atoms with Crippen LogP contribution in [0.1, 0.15) is 17.0 Å². The van der Waals surface area contributed by atoms with Gasteiger partial charge in [0.1, 0.15) is 5.82 Å². The molecule has 0 saturated carbocycles. The zero-order valence-electron chi connectivity index (χ0n) is 17.2. The summed E-state index contributed by atoms with van der Waals surface area (Å²) in [5.41, 5.74) is 8.92. The first-order valence-corrected chi connectivity index (χ1v) is 10.2. The lowest BCUT2D eigenvalue weighted by Crippen LogP contribution is -2.41. The van der Waals surface area contributed by atoms with Crippen LogP contribution in [0.5, 0.6) is 0 Å². The van der Waals surface area contributed by atoms with Gasteiger partial charge in [-0.05, 0) is 41.0 Å². The molecule has 1 aromatic heterocycles. The van der Waals surface area contributed by atoms with Gasteiger partial charge in [0.05, 0.1) is 6.04 Å². The topological polar surface area (TPSA) is 88.0 Å². The first-order valence-electron chi connectivity index (χ1n) is 10.2. The number of halogens is 1. The first kappa shape index (κ1) is 21.2. The van der Waals surface area contributed by atoms with E-state index in [4.69, 9.17) is 5.73 Å². The number of anilines is 1. The number of H-pyrrole nitrogens is 1. The fraction of sp³-hybridized carbons (Fsp3) is 0.0769. The molecule has 1 heterocycles. The zero-order valence-corrected chi connectivity index (χ0v) is 17.2. The molecule has 0 bridgehead atoms. The van der Waals surface area contributed by atoms with Crippen molar-refractivity contribution in [3.05, 3.63) is 124 Å². The van der Waals surface area contributed by atoms with E-state index in [0.717, 1.165) is 11.1 Å². The Labute approximate surface area is 184 Å². The molecule has 0 saturated heterocycles. The molecule has 6 heteroatoms. The molecule has 0 radical (unpaired) electrons. The maximum Gasteiger partial charge on any atom is 0.248 e. The lowest BCUT2D eigenvalue weighted by Gasteiger charge is -2.24. The molecule has 0 aliphatic carbocycles. The van der Waals surface area contributed by atoms with Gasteiger partial charge in [-0.15, -0.1) is 0 Å². The number of benzene rings is 3. The van der Waals surface area contributed by atoms with Crippen LogP contribution in [0.15, 0.2) is 102 Å². The quantitative estimate of drug-likeness (QED) is 0.429. The Morgan fingerprint density at radius 2 is 1.50 bits per heavy atom. The minimum absolute atomic E-state index is 0.268. The van der Waals surface area contributed by atoms with E-state index in [1.807, 2.05) is 60.7 Å². The maximum atomic E-state index is 14.7. The summed E-state index contributed by atoms with van der Waals surface area (Å²) in [6.45, 7) is 0. The summed E-state index contributed by atoms with van der Waals surface area (Å²) in [6, 6.07) is 25.5. The number of nitrogens with one attached hydrogen (secondary N) is 2. The summed E-state index contributed by atoms with van der Waals surface area (Å²) in [5.74, 6) is -1.34. The average Bonchev–Trinajstić information content (AvgIpc) is 2.80. The minimum Gasteiger partial charge on any atom is -0.329 e. The molecule has 1 atom stereocenters. The number of rotatable bonds is 6. The van der Waals surface area contributed by atoms with Crippen LogP contribution < -0.4 is 16.6 Å². The number of pyridine rings is 1. The summed E-state index contributed by atoms with van der Waals surface area (Å²) in [7, 11) is 0. The SMILES string of the molecule is N[C@H](C(=O)Nc1ccc(-c2cc[nH]c(=O)c2)c(F)c1)C(c1ccccc1)c1ccccc1. The number of hydrogen-bond acceptors (Lipinski definition) is 3. The Bertz CT molecular complexity index is 1230. The zero-order chi connectivity index (χ0) is 22.5. The highest BCUT2D eigenvalue weighted by Crippen LogP contribution is 2.29. The Morgan fingerprint density at radius 1 is 0.875 bits per heavy atom. The van der Waals surface area contributed by atoms with Crippen LogP contribution in [0.4, 0.5) is 10.1 Å². The maximum absolute atomic E-state index is 14.7. The van der Waals surface area contributed by atoms with Crippen LogP contribution in [0.3, 0.4) is 0 Å². The molecule has 160 valence electrons. The summed E-state index contributed by atoms with van der Waals surface area (Å²) in [6.07, 6.45) is 1.46. The average molecular weight is 427 g/mol. The predicted octanol–water partition coefficient (Wildman–Crippen LogP) is 4.28. The number of aromatic amines is 1. The first-order chi connectivity index (χ1) is 15.5. The van der Waals surface area contributed by atoms with Gasteiger partial charge >= 0.3 is 0 Å². The van der Waals surface area contributed by atoms with Gasteiger partial charge in [0.15, 0.2) is 0 Å². The largest absolute Gasteiger partial charge is 0.329 e. The second-order valence-electron chi connectivity index (χ2n) is 7.45. The number of hydrogen-bond donors (Lipinski definition) is 3. The monoisotopic (exact) mass is 427 g/mol. The van der Waals surface area contributed by atoms with Crippen LogP contribution >= 0.6 is 0 Å². The second kappa shape index (κ2) is 9.41. The summed E-state index contributed by atoms with van der Waals surface area (Å²) >= 11 is 0. The molecule has 0 fully saturated rings. The molecule has 4 rings (SSSR count). The molecule has 5 nitrogen and oxygen atoms in total. The molecule has 3 aromatic carbocycles. The highest BCUT2D eigenvalue weighted by molar-refractivity contribution is 5.96. The van der Waals surface area contributed by atoms with Crippen molar-refractivity contribution >= 4 is 11.6 Å². The molecule has 0 spiro atoms. The van der Waals surface area contributed by atoms with E-state index in [2.05, 4.69) is 10.3 Å². The lowest BCUT2D eigenvalue weighted by molar-refractivity contribution is -0.117. The van der Waals surface area contributed by atoms with Gasteiger partial charge in [-0.1, -0.05) is 60.7 Å². The second-order valence-corrected chi connectivity index (χ2v) is 7.45. The van der Waals surface area contributed by atoms with Gasteiger partial charge < -0.3 is 16.0 Å². The van der Waals surface area contributed by atoms with Gasteiger partial charge in [-0.25, -0.2) is 4.39 Å². The Hall–Kier alpha value is -4.03. The Balaban J connectivity index is 1.58. The molecule has 0 unspecified atom stereocenters. The highest BCUT2D eigenvalue weighted by Gasteiger charge is 2.27. The van der Waals surface area contributed by atoms with Crippen LogP contribution in [0, 0.1) is 5.82 Å². The van der Waals surface area contributed by atoms with Crippen LogP contribution in [0.2, 0.25) is 0 Å². The van der Waals surface area contributed by atoms with E-state index < -0.39 is 17.8 Å². The lowest BCUT2D eigenvalue weighted by atomic mass is 9.85. The van der Waals surface area contributed by atoms with Gasteiger partial charge in [-0.3, -0.25) is 9.59 Å². The van der Waals surface area contributed by atoms with Crippen molar-refractivity contribution in [2.24, 2.45) is 5.73 Å². The molecular weight excluding hydrogens is 405 g/mol. The van der Waals surface area contributed by atoms with Crippen molar-refractivity contribution in [1.82, 2.24) is 4.98 Å². The van der Waals surface area contributed by atoms with Gasteiger partial charge in [0.2, 0.25) is 11.5 Å². The van der Waals surface area contributed by atoms with E-state index >= 15 is 0 Å². The van der Waals surface area contributed by atoms with Crippen molar-refractivity contribution in [2.75, 3.05) is 5.32 Å². The van der Waals surface area contributed by atoms with E-state index in [1.165, 1.54) is 24.4 Å². The molecular formula is C26H22FN3O2. The van der Waals surface area contributed by atoms with Crippen molar-refractivity contribution in [2.45, 2.75) is 12.0 Å². The van der Waals surface area contributed by atoms with Crippen LogP contribution in [0.25, 0.3) is 11.1 Å². The third-order valence-corrected chi connectivity index (χ3v) is 5.30.